The Bertz CT molecular complexity index is 717. The van der Waals surface area contributed by atoms with Crippen LogP contribution in [0.1, 0.15) is 43.9 Å². The van der Waals surface area contributed by atoms with Crippen molar-refractivity contribution in [2.75, 3.05) is 6.54 Å². The molecule has 0 saturated carbocycles. The lowest BCUT2D eigenvalue weighted by Crippen LogP contribution is -2.43. The monoisotopic (exact) mass is 372 g/mol. The number of halogens is 1. The summed E-state index contributed by atoms with van der Waals surface area (Å²) in [5.74, 6) is -0.228. The van der Waals surface area contributed by atoms with Crippen molar-refractivity contribution in [1.29, 1.82) is 0 Å². The van der Waals surface area contributed by atoms with Crippen LogP contribution in [0.25, 0.3) is 0 Å². The van der Waals surface area contributed by atoms with E-state index in [1.807, 2.05) is 56.3 Å². The summed E-state index contributed by atoms with van der Waals surface area (Å²) < 4.78 is 0. The molecule has 0 aliphatic heterocycles. The molecule has 0 bridgehead atoms. The number of hydrogen-bond acceptors (Lipinski definition) is 2. The first-order valence-electron chi connectivity index (χ1n) is 8.93. The molecule has 5 heteroatoms. The van der Waals surface area contributed by atoms with Gasteiger partial charge in [0, 0.05) is 24.5 Å². The van der Waals surface area contributed by atoms with Gasteiger partial charge in [-0.15, -0.1) is 0 Å². The second-order valence-electron chi connectivity index (χ2n) is 6.11. The Morgan fingerprint density at radius 3 is 2.27 bits per heavy atom. The maximum atomic E-state index is 12.9. The molecule has 1 unspecified atom stereocenters. The summed E-state index contributed by atoms with van der Waals surface area (Å²) >= 11 is 5.96. The zero-order chi connectivity index (χ0) is 18.9. The highest BCUT2D eigenvalue weighted by molar-refractivity contribution is 6.30. The van der Waals surface area contributed by atoms with Crippen LogP contribution >= 0.6 is 11.6 Å². The summed E-state index contributed by atoms with van der Waals surface area (Å²) in [6.07, 6.45) is 1.17. The minimum absolute atomic E-state index is 0.0690. The average Bonchev–Trinajstić information content (AvgIpc) is 2.67. The number of carbonyl (C=O) groups is 2. The third kappa shape index (κ3) is 5.33. The summed E-state index contributed by atoms with van der Waals surface area (Å²) in [6.45, 7) is 4.74. The van der Waals surface area contributed by atoms with E-state index in [4.69, 9.17) is 11.6 Å². The van der Waals surface area contributed by atoms with Crippen molar-refractivity contribution in [1.82, 2.24) is 10.2 Å². The third-order valence-corrected chi connectivity index (χ3v) is 4.37. The van der Waals surface area contributed by atoms with Gasteiger partial charge in [-0.25, -0.2) is 0 Å². The maximum absolute atomic E-state index is 12.9. The lowest BCUT2D eigenvalue weighted by atomic mass is 10.0. The van der Waals surface area contributed by atoms with Gasteiger partial charge in [0.15, 0.2) is 0 Å². The first-order chi connectivity index (χ1) is 12.6. The quantitative estimate of drug-likeness (QED) is 0.749. The van der Waals surface area contributed by atoms with Crippen molar-refractivity contribution in [3.8, 4) is 0 Å². The molecule has 26 heavy (non-hydrogen) atoms. The van der Waals surface area contributed by atoms with Crippen molar-refractivity contribution in [2.45, 2.75) is 39.3 Å². The molecule has 0 radical (unpaired) electrons. The van der Waals surface area contributed by atoms with E-state index in [-0.39, 0.29) is 11.8 Å². The average molecular weight is 373 g/mol. The van der Waals surface area contributed by atoms with E-state index in [2.05, 4.69) is 5.32 Å². The zero-order valence-corrected chi connectivity index (χ0v) is 16.0. The molecule has 0 aromatic heterocycles. The van der Waals surface area contributed by atoms with Crippen LogP contribution in [0.5, 0.6) is 0 Å². The van der Waals surface area contributed by atoms with Crippen molar-refractivity contribution < 1.29 is 9.59 Å². The van der Waals surface area contributed by atoms with Gasteiger partial charge < -0.3 is 10.2 Å². The summed E-state index contributed by atoms with van der Waals surface area (Å²) in [4.78, 5) is 27.2. The molecule has 2 rings (SSSR count). The van der Waals surface area contributed by atoms with Crippen LogP contribution in [0.4, 0.5) is 0 Å². The lowest BCUT2D eigenvalue weighted by Gasteiger charge is -2.31. The van der Waals surface area contributed by atoms with Crippen LogP contribution in [0.2, 0.25) is 5.02 Å². The fourth-order valence-corrected chi connectivity index (χ4v) is 2.89. The highest BCUT2D eigenvalue weighted by Gasteiger charge is 2.30. The fraction of sp³-hybridized carbons (Fsp3) is 0.333. The van der Waals surface area contributed by atoms with Crippen molar-refractivity contribution in [2.24, 2.45) is 0 Å². The molecule has 0 aliphatic rings. The summed E-state index contributed by atoms with van der Waals surface area (Å²) in [5, 5.41) is 3.57. The van der Waals surface area contributed by atoms with E-state index >= 15 is 0 Å². The van der Waals surface area contributed by atoms with E-state index in [0.717, 1.165) is 17.5 Å². The van der Waals surface area contributed by atoms with Gasteiger partial charge in [-0.2, -0.15) is 0 Å². The first kappa shape index (κ1) is 20.0. The van der Waals surface area contributed by atoms with Gasteiger partial charge >= 0.3 is 0 Å². The summed E-state index contributed by atoms with van der Waals surface area (Å²) in [6, 6.07) is 16.1. The van der Waals surface area contributed by atoms with Crippen molar-refractivity contribution in [3.63, 3.8) is 0 Å². The smallest absolute Gasteiger partial charge is 0.247 e. The van der Waals surface area contributed by atoms with E-state index in [1.54, 1.807) is 17.0 Å². The molecule has 1 atom stereocenters. The van der Waals surface area contributed by atoms with Crippen LogP contribution in [0.15, 0.2) is 54.6 Å². The first-order valence-corrected chi connectivity index (χ1v) is 9.31. The summed E-state index contributed by atoms with van der Waals surface area (Å²) in [5.41, 5.74) is 1.73. The van der Waals surface area contributed by atoms with Crippen molar-refractivity contribution >= 4 is 23.4 Å². The Labute approximate surface area is 160 Å². The van der Waals surface area contributed by atoms with Crippen molar-refractivity contribution in [3.05, 3.63) is 70.7 Å². The topological polar surface area (TPSA) is 49.4 Å². The molecule has 138 valence electrons. The standard InChI is InChI=1S/C21H25ClN2O2/c1-3-14-23-21(26)20(17-8-6-5-7-9-17)24(19(25)4-2)15-16-10-12-18(22)13-11-16/h5-13,20H,3-4,14-15H2,1-2H3,(H,23,26). The molecular formula is C21H25ClN2O2. The van der Waals surface area contributed by atoms with E-state index in [1.165, 1.54) is 0 Å². The predicted molar refractivity (Wildman–Crippen MR) is 105 cm³/mol. The number of nitrogens with one attached hydrogen (secondary N) is 1. The molecule has 0 saturated heterocycles. The van der Waals surface area contributed by atoms with Crippen LogP contribution in [-0.2, 0) is 16.1 Å². The molecule has 2 amide bonds. The lowest BCUT2D eigenvalue weighted by molar-refractivity contribution is -0.141. The molecule has 2 aromatic carbocycles. The Balaban J connectivity index is 2.38. The van der Waals surface area contributed by atoms with Crippen LogP contribution in [-0.4, -0.2) is 23.3 Å². The highest BCUT2D eigenvalue weighted by Crippen LogP contribution is 2.25. The number of rotatable bonds is 8. The summed E-state index contributed by atoms with van der Waals surface area (Å²) in [7, 11) is 0. The van der Waals surface area contributed by atoms with E-state index in [0.29, 0.717) is 24.5 Å². The Hall–Kier alpha value is -2.33. The van der Waals surface area contributed by atoms with E-state index < -0.39 is 6.04 Å². The molecular weight excluding hydrogens is 348 g/mol. The molecule has 1 N–H and O–H groups in total. The second kappa shape index (κ2) is 9.97. The zero-order valence-electron chi connectivity index (χ0n) is 15.2. The van der Waals surface area contributed by atoms with Crippen LogP contribution in [0.3, 0.4) is 0 Å². The fourth-order valence-electron chi connectivity index (χ4n) is 2.77. The van der Waals surface area contributed by atoms with Gasteiger partial charge in [-0.1, -0.05) is 67.9 Å². The molecule has 0 aliphatic carbocycles. The minimum atomic E-state index is -0.661. The Morgan fingerprint density at radius 2 is 1.69 bits per heavy atom. The van der Waals surface area contributed by atoms with Gasteiger partial charge in [0.1, 0.15) is 6.04 Å². The molecule has 2 aromatic rings. The SMILES string of the molecule is CCCNC(=O)C(c1ccccc1)N(Cc1ccc(Cl)cc1)C(=O)CC. The Morgan fingerprint density at radius 1 is 1.04 bits per heavy atom. The number of nitrogens with zero attached hydrogens (tertiary/aromatic N) is 1. The second-order valence-corrected chi connectivity index (χ2v) is 6.54. The molecule has 4 nitrogen and oxygen atoms in total. The largest absolute Gasteiger partial charge is 0.354 e. The van der Waals surface area contributed by atoms with Crippen LogP contribution < -0.4 is 5.32 Å². The molecule has 0 spiro atoms. The molecule has 0 fully saturated rings. The van der Waals surface area contributed by atoms with E-state index in [9.17, 15) is 9.59 Å². The third-order valence-electron chi connectivity index (χ3n) is 4.11. The van der Waals surface area contributed by atoms with Gasteiger partial charge in [-0.05, 0) is 29.7 Å². The minimum Gasteiger partial charge on any atom is -0.354 e. The van der Waals surface area contributed by atoms with Gasteiger partial charge in [0.25, 0.3) is 0 Å². The number of carbonyl (C=O) groups excluding carboxylic acids is 2. The Kier molecular flexibility index (Phi) is 7.67. The van der Waals surface area contributed by atoms with Crippen LogP contribution in [0, 0.1) is 0 Å². The predicted octanol–water partition coefficient (Wildman–Crippen LogP) is 4.35. The molecule has 0 heterocycles. The van der Waals surface area contributed by atoms with Gasteiger partial charge in [-0.3, -0.25) is 9.59 Å². The highest BCUT2D eigenvalue weighted by atomic mass is 35.5. The van der Waals surface area contributed by atoms with Gasteiger partial charge in [0.05, 0.1) is 0 Å². The number of benzene rings is 2. The van der Waals surface area contributed by atoms with Gasteiger partial charge in [0.2, 0.25) is 11.8 Å². The number of amides is 2. The maximum Gasteiger partial charge on any atom is 0.247 e. The number of hydrogen-bond donors (Lipinski definition) is 1. The normalized spacial score (nSPS) is 11.7.